The molecule has 2 aliphatic heterocycles. The van der Waals surface area contributed by atoms with E-state index >= 15 is 0 Å². The third-order valence-corrected chi connectivity index (χ3v) is 15.2. The van der Waals surface area contributed by atoms with Crippen molar-refractivity contribution >= 4 is 52.5 Å². The predicted molar refractivity (Wildman–Crippen MR) is 295 cm³/mol. The highest BCUT2D eigenvalue weighted by Gasteiger charge is 2.44. The molecule has 4 aromatic heterocycles. The molecule has 7 rings (SSSR count). The van der Waals surface area contributed by atoms with Crippen LogP contribution in [0.25, 0.3) is 22.0 Å². The first-order valence-electron chi connectivity index (χ1n) is 26.9. The van der Waals surface area contributed by atoms with Gasteiger partial charge in [0.1, 0.15) is 35.7 Å². The molecular weight excluding hydrogens is 983 g/mol. The maximum absolute atomic E-state index is 14.0. The Morgan fingerprint density at radius 3 is 2.33 bits per heavy atom. The molecule has 408 valence electrons. The number of aliphatic hydroxyl groups is 1. The Morgan fingerprint density at radius 2 is 1.64 bits per heavy atom. The summed E-state index contributed by atoms with van der Waals surface area (Å²) in [6.45, 7) is 16.1. The van der Waals surface area contributed by atoms with Gasteiger partial charge in [-0.25, -0.2) is 15.0 Å². The van der Waals surface area contributed by atoms with Crippen molar-refractivity contribution in [1.82, 2.24) is 55.9 Å². The van der Waals surface area contributed by atoms with Gasteiger partial charge in [0.2, 0.25) is 23.6 Å². The fourth-order valence-corrected chi connectivity index (χ4v) is 10.4. The van der Waals surface area contributed by atoms with E-state index in [0.29, 0.717) is 73.4 Å². The van der Waals surface area contributed by atoms with E-state index in [4.69, 9.17) is 9.97 Å². The number of anilines is 2. The van der Waals surface area contributed by atoms with E-state index in [1.54, 1.807) is 22.6 Å². The van der Waals surface area contributed by atoms with Crippen molar-refractivity contribution in [3.8, 4) is 22.0 Å². The largest absolute Gasteiger partial charge is 0.391 e. The van der Waals surface area contributed by atoms with Crippen LogP contribution in [-0.4, -0.2) is 120 Å². The molecule has 2 aliphatic rings. The van der Waals surface area contributed by atoms with Gasteiger partial charge in [-0.1, -0.05) is 89.6 Å². The lowest BCUT2D eigenvalue weighted by Gasteiger charge is -2.35. The van der Waals surface area contributed by atoms with Crippen LogP contribution in [0.1, 0.15) is 139 Å². The maximum atomic E-state index is 14.0. The Kier molecular flexibility index (Phi) is 19.8. The molecule has 5 aromatic rings. The number of fused-ring (bicyclic) bond motifs is 1. The number of benzene rings is 1. The van der Waals surface area contributed by atoms with Crippen LogP contribution in [0, 0.1) is 12.3 Å². The number of unbranched alkanes of at least 4 members (excludes halogenated alkanes) is 7. The molecule has 76 heavy (non-hydrogen) atoms. The number of thiazole rings is 1. The molecule has 5 N–H and O–H groups in total. The normalized spacial score (nSPS) is 15.8. The molecule has 20 heteroatoms. The van der Waals surface area contributed by atoms with E-state index in [0.717, 1.165) is 72.2 Å². The molecule has 6 heterocycles. The number of hydrogen-bond acceptors (Lipinski definition) is 14. The number of aryl methyl sites for hydroxylation is 2. The summed E-state index contributed by atoms with van der Waals surface area (Å²) in [5.41, 5.74) is 6.85. The van der Waals surface area contributed by atoms with Crippen molar-refractivity contribution in [2.24, 2.45) is 5.41 Å². The Morgan fingerprint density at radius 1 is 0.921 bits per heavy atom. The summed E-state index contributed by atoms with van der Waals surface area (Å²) >= 11 is 1.58. The fraction of sp³-hybridized carbons (Fsp3) is 0.536. The minimum absolute atomic E-state index is 0.0238. The van der Waals surface area contributed by atoms with Gasteiger partial charge in [0, 0.05) is 64.2 Å². The van der Waals surface area contributed by atoms with Crippen LogP contribution in [0.3, 0.4) is 0 Å². The highest BCUT2D eigenvalue weighted by molar-refractivity contribution is 7.13. The van der Waals surface area contributed by atoms with Crippen LogP contribution < -0.4 is 31.1 Å². The topological polar surface area (TPSA) is 233 Å². The highest BCUT2D eigenvalue weighted by atomic mass is 32.1. The Hall–Kier alpha value is -6.64. The number of likely N-dealkylation sites (tertiary alicyclic amines) is 1. The van der Waals surface area contributed by atoms with Crippen LogP contribution in [-0.2, 0) is 45.4 Å². The van der Waals surface area contributed by atoms with Crippen LogP contribution in [0.2, 0.25) is 0 Å². The zero-order valence-corrected chi connectivity index (χ0v) is 46.3. The van der Waals surface area contributed by atoms with E-state index in [-0.39, 0.29) is 61.6 Å². The Balaban J connectivity index is 0.772. The molecule has 1 aromatic carbocycles. The van der Waals surface area contributed by atoms with Gasteiger partial charge in [-0.2, -0.15) is 0 Å². The first-order chi connectivity index (χ1) is 36.4. The van der Waals surface area contributed by atoms with Gasteiger partial charge in [0.25, 0.3) is 5.91 Å². The number of hydrogen-bond donors (Lipinski definition) is 5. The monoisotopic (exact) mass is 1060 g/mol. The Bertz CT molecular complexity index is 2790. The molecule has 1 saturated heterocycles. The third-order valence-electron chi connectivity index (χ3n) is 14.3. The molecule has 0 saturated carbocycles. The first kappa shape index (κ1) is 57.1. The summed E-state index contributed by atoms with van der Waals surface area (Å²) in [5, 5.41) is 31.1. The lowest BCUT2D eigenvalue weighted by atomic mass is 9.85. The van der Waals surface area contributed by atoms with Gasteiger partial charge < -0.3 is 40.7 Å². The number of β-amino-alcohol motifs (C(OH)–C–C–N with tert-alkyl or cyclic N) is 1. The minimum atomic E-state index is -0.863. The smallest absolute Gasteiger partial charge is 0.260 e. The van der Waals surface area contributed by atoms with Crippen molar-refractivity contribution in [1.29, 1.82) is 0 Å². The molecule has 0 bridgehead atoms. The van der Waals surface area contributed by atoms with E-state index in [1.165, 1.54) is 4.90 Å². The van der Waals surface area contributed by atoms with Gasteiger partial charge in [-0.05, 0) is 75.3 Å². The van der Waals surface area contributed by atoms with E-state index in [9.17, 15) is 29.1 Å². The number of nitrogens with zero attached hydrogens (tertiary/aromatic N) is 9. The van der Waals surface area contributed by atoms with Crippen molar-refractivity contribution in [3.05, 3.63) is 88.4 Å². The summed E-state index contributed by atoms with van der Waals surface area (Å²) < 4.78 is 1.90. The molecular formula is C56H77N13O6S. The molecule has 5 amide bonds. The lowest BCUT2D eigenvalue weighted by molar-refractivity contribution is -0.144. The summed E-state index contributed by atoms with van der Waals surface area (Å²) in [6.07, 6.45) is 8.82. The van der Waals surface area contributed by atoms with Crippen LogP contribution in [0.4, 0.5) is 11.6 Å². The van der Waals surface area contributed by atoms with Gasteiger partial charge in [0.15, 0.2) is 5.82 Å². The van der Waals surface area contributed by atoms with E-state index < -0.39 is 23.6 Å². The minimum Gasteiger partial charge on any atom is -0.391 e. The number of aliphatic hydroxyl groups excluding tert-OH is 1. The molecule has 0 spiro atoms. The van der Waals surface area contributed by atoms with Gasteiger partial charge in [-0.3, -0.25) is 28.9 Å². The van der Waals surface area contributed by atoms with Crippen molar-refractivity contribution in [2.45, 2.75) is 163 Å². The number of carbonyl (C=O) groups excluding carboxylic acids is 5. The second-order valence-corrected chi connectivity index (χ2v) is 22.2. The quantitative estimate of drug-likeness (QED) is 0.0363. The summed E-state index contributed by atoms with van der Waals surface area (Å²) in [7, 11) is 1.95. The molecule has 1 fully saturated rings. The molecule has 0 aliphatic carbocycles. The summed E-state index contributed by atoms with van der Waals surface area (Å²) in [6, 6.07) is 13.8. The van der Waals surface area contributed by atoms with Crippen molar-refractivity contribution in [2.75, 3.05) is 36.5 Å². The number of amides is 5. The maximum Gasteiger partial charge on any atom is 0.260 e. The predicted octanol–water partition coefficient (Wildman–Crippen LogP) is 6.72. The number of rotatable bonds is 26. The van der Waals surface area contributed by atoms with Gasteiger partial charge in [-0.15, -0.1) is 21.5 Å². The summed E-state index contributed by atoms with van der Waals surface area (Å²) in [5.74, 6) is 0.648. The molecule has 19 nitrogen and oxygen atoms in total. The van der Waals surface area contributed by atoms with Crippen molar-refractivity contribution < 1.29 is 29.1 Å². The van der Waals surface area contributed by atoms with Crippen molar-refractivity contribution in [3.63, 3.8) is 0 Å². The van der Waals surface area contributed by atoms with E-state index in [1.807, 2.05) is 105 Å². The number of carbonyl (C=O) groups is 5. The number of aromatic nitrogens is 6. The second-order valence-electron chi connectivity index (χ2n) is 21.3. The molecule has 3 atom stereocenters. The zero-order chi connectivity index (χ0) is 54.5. The van der Waals surface area contributed by atoms with Crippen LogP contribution in [0.5, 0.6) is 0 Å². The van der Waals surface area contributed by atoms with Gasteiger partial charge >= 0.3 is 0 Å². The van der Waals surface area contributed by atoms with Gasteiger partial charge in [0.05, 0.1) is 46.5 Å². The average molecular weight is 1060 g/mol. The highest BCUT2D eigenvalue weighted by Crippen LogP contribution is 2.33. The first-order valence-corrected chi connectivity index (χ1v) is 27.8. The number of nitrogens with one attached hydrogen (secondary N) is 4. The zero-order valence-electron chi connectivity index (χ0n) is 45.5. The summed E-state index contributed by atoms with van der Waals surface area (Å²) in [4.78, 5) is 87.9. The SMILES string of the molecule is CCn1cnnc1-c1cccc(N2Cc3c(cc(N(C)C(C)C)nc3CNCC(=O)NCCCCCCCCCCC(=O)N[C@H](C(=O)N3C[C@H](O)C[C@H]3C(=O)NCc3ccc(-c4scnc4C)cc3)C(C)(C)C)C2=O)n1. The third kappa shape index (κ3) is 14.6. The molecule has 0 radical (unpaired) electrons. The average Bonchev–Trinajstić information content (AvgIpc) is 4.24. The second kappa shape index (κ2) is 26.4. The molecule has 0 unspecified atom stereocenters. The van der Waals surface area contributed by atoms with Crippen LogP contribution >= 0.6 is 11.3 Å². The van der Waals surface area contributed by atoms with Crippen LogP contribution in [0.15, 0.2) is 60.4 Å². The fourth-order valence-electron chi connectivity index (χ4n) is 9.58. The van der Waals surface area contributed by atoms with E-state index in [2.05, 4.69) is 50.3 Å². The number of pyridine rings is 2. The Labute approximate surface area is 451 Å². The standard InChI is InChI=1S/C56H77N13O6S/c1-9-67-34-61-65-52(67)43-19-18-20-46(62-43)69-33-42-41(54(69)74)28-47(66(8)36(2)3)63-44(42)30-57-31-49(72)58-26-17-15-13-11-10-12-14-16-21-48(71)64-51(56(5,6)7)55(75)68-32-40(70)27-45(68)53(73)59-29-38-22-24-39(25-23-38)50-37(4)60-35-76-50/h18-20,22-25,28,34-36,40,45,51,57,70H,9-17,21,26-27,29-33H2,1-8H3,(H,58,72)(H,59,73)(H,64,71)/t40-,45+,51-/m1/s1. The lowest BCUT2D eigenvalue weighted by Crippen LogP contribution is -2.57.